The average Bonchev–Trinajstić information content (AvgIpc) is 2.15. The Balaban J connectivity index is 2.05. The summed E-state index contributed by atoms with van der Waals surface area (Å²) >= 11 is 4.95. The van der Waals surface area contributed by atoms with Gasteiger partial charge in [0.1, 0.15) is 5.66 Å². The second kappa shape index (κ2) is 3.40. The van der Waals surface area contributed by atoms with Crippen LogP contribution in [-0.2, 0) is 0 Å². The highest BCUT2D eigenvalue weighted by atomic mass is 32.1. The number of hydrogen-bond acceptors (Lipinski definition) is 3. The first kappa shape index (κ1) is 9.18. The Morgan fingerprint density at radius 3 is 2.62 bits per heavy atom. The molecule has 1 saturated carbocycles. The van der Waals surface area contributed by atoms with Gasteiger partial charge in [-0.05, 0) is 31.0 Å². The van der Waals surface area contributed by atoms with Crippen LogP contribution in [0.2, 0.25) is 0 Å². The van der Waals surface area contributed by atoms with Gasteiger partial charge in [-0.2, -0.15) is 0 Å². The molecular formula is C8H16N4S. The third kappa shape index (κ3) is 1.63. The molecule has 0 radical (unpaired) electrons. The molecule has 1 atom stereocenters. The Hall–Kier alpha value is -0.390. The normalized spacial score (nSPS) is 32.4. The Morgan fingerprint density at radius 1 is 1.31 bits per heavy atom. The van der Waals surface area contributed by atoms with Crippen LogP contribution in [0.3, 0.4) is 0 Å². The first-order valence-corrected chi connectivity index (χ1v) is 5.24. The van der Waals surface area contributed by atoms with Crippen LogP contribution in [0.4, 0.5) is 0 Å². The van der Waals surface area contributed by atoms with Crippen LogP contribution in [0.15, 0.2) is 0 Å². The molecule has 2 rings (SSSR count). The van der Waals surface area contributed by atoms with E-state index in [0.717, 1.165) is 6.42 Å². The van der Waals surface area contributed by atoms with Crippen LogP contribution in [0, 0.1) is 5.92 Å². The maximum atomic E-state index is 4.95. The molecule has 4 N–H and O–H groups in total. The summed E-state index contributed by atoms with van der Waals surface area (Å²) in [6.07, 6.45) is 4.99. The number of hydrazine groups is 2. The van der Waals surface area contributed by atoms with E-state index in [0.29, 0.717) is 11.0 Å². The minimum atomic E-state index is -0.0133. The van der Waals surface area contributed by atoms with Crippen molar-refractivity contribution in [3.63, 3.8) is 0 Å². The molecule has 1 saturated heterocycles. The molecule has 0 aromatic carbocycles. The maximum Gasteiger partial charge on any atom is 0.195 e. The molecule has 0 bridgehead atoms. The molecule has 1 spiro atoms. The SMILES string of the molecule is CC1CCCCC12NNC(=S)NN2. The van der Waals surface area contributed by atoms with Crippen molar-refractivity contribution >= 4 is 17.3 Å². The predicted octanol–water partition coefficient (Wildman–Crippen LogP) is 0.380. The molecule has 4 nitrogen and oxygen atoms in total. The number of hydrogen-bond donors (Lipinski definition) is 4. The van der Waals surface area contributed by atoms with Crippen molar-refractivity contribution in [2.75, 3.05) is 0 Å². The first-order chi connectivity index (χ1) is 6.23. The molecule has 1 heterocycles. The van der Waals surface area contributed by atoms with Crippen LogP contribution < -0.4 is 21.7 Å². The quantitative estimate of drug-likeness (QED) is 0.426. The summed E-state index contributed by atoms with van der Waals surface area (Å²) < 4.78 is 0. The molecule has 74 valence electrons. The molecule has 1 unspecified atom stereocenters. The molecule has 2 fully saturated rings. The Bertz CT molecular complexity index is 208. The van der Waals surface area contributed by atoms with Crippen LogP contribution in [-0.4, -0.2) is 10.8 Å². The fourth-order valence-corrected chi connectivity index (χ4v) is 2.22. The Morgan fingerprint density at radius 2 is 2.00 bits per heavy atom. The van der Waals surface area contributed by atoms with E-state index >= 15 is 0 Å². The van der Waals surface area contributed by atoms with Gasteiger partial charge in [-0.15, -0.1) is 0 Å². The van der Waals surface area contributed by atoms with Crippen molar-refractivity contribution < 1.29 is 0 Å². The highest BCUT2D eigenvalue weighted by Gasteiger charge is 2.40. The van der Waals surface area contributed by atoms with E-state index in [-0.39, 0.29) is 5.66 Å². The summed E-state index contributed by atoms with van der Waals surface area (Å²) in [4.78, 5) is 0. The topological polar surface area (TPSA) is 48.1 Å². The van der Waals surface area contributed by atoms with Gasteiger partial charge >= 0.3 is 0 Å². The largest absolute Gasteiger partial charge is 0.295 e. The van der Waals surface area contributed by atoms with Gasteiger partial charge in [0.15, 0.2) is 5.11 Å². The van der Waals surface area contributed by atoms with E-state index in [2.05, 4.69) is 28.6 Å². The van der Waals surface area contributed by atoms with Gasteiger partial charge in [-0.3, -0.25) is 10.9 Å². The first-order valence-electron chi connectivity index (χ1n) is 4.83. The lowest BCUT2D eigenvalue weighted by molar-refractivity contribution is 0.0821. The molecule has 2 aliphatic rings. The van der Waals surface area contributed by atoms with Gasteiger partial charge < -0.3 is 0 Å². The zero-order valence-electron chi connectivity index (χ0n) is 7.81. The molecule has 0 aromatic rings. The smallest absolute Gasteiger partial charge is 0.195 e. The highest BCUT2D eigenvalue weighted by molar-refractivity contribution is 7.80. The monoisotopic (exact) mass is 200 g/mol. The van der Waals surface area contributed by atoms with Crippen molar-refractivity contribution in [2.24, 2.45) is 5.92 Å². The second-order valence-electron chi connectivity index (χ2n) is 3.95. The zero-order valence-corrected chi connectivity index (χ0v) is 8.63. The van der Waals surface area contributed by atoms with E-state index in [1.807, 2.05) is 0 Å². The minimum absolute atomic E-state index is 0.0133. The molecule has 5 heteroatoms. The van der Waals surface area contributed by atoms with E-state index in [1.54, 1.807) is 0 Å². The van der Waals surface area contributed by atoms with Crippen LogP contribution in [0.5, 0.6) is 0 Å². The lowest BCUT2D eigenvalue weighted by Crippen LogP contribution is -2.76. The van der Waals surface area contributed by atoms with E-state index in [9.17, 15) is 0 Å². The third-order valence-corrected chi connectivity index (χ3v) is 3.30. The number of thiocarbonyl (C=S) groups is 1. The second-order valence-corrected chi connectivity index (χ2v) is 4.36. The number of nitrogens with one attached hydrogen (secondary N) is 4. The van der Waals surface area contributed by atoms with Crippen LogP contribution in [0.25, 0.3) is 0 Å². The molecular weight excluding hydrogens is 184 g/mol. The zero-order chi connectivity index (χ0) is 9.31. The summed E-state index contributed by atoms with van der Waals surface area (Å²) in [5, 5.41) is 0.614. The van der Waals surface area contributed by atoms with Gasteiger partial charge in [-0.25, -0.2) is 10.9 Å². The summed E-state index contributed by atoms with van der Waals surface area (Å²) in [7, 11) is 0. The Kier molecular flexibility index (Phi) is 2.40. The lowest BCUT2D eigenvalue weighted by Gasteiger charge is -2.47. The fraction of sp³-hybridized carbons (Fsp3) is 0.875. The van der Waals surface area contributed by atoms with Crippen LogP contribution >= 0.6 is 12.2 Å². The van der Waals surface area contributed by atoms with Gasteiger partial charge in [0.25, 0.3) is 0 Å². The van der Waals surface area contributed by atoms with E-state index < -0.39 is 0 Å². The maximum absolute atomic E-state index is 4.95. The van der Waals surface area contributed by atoms with E-state index in [4.69, 9.17) is 12.2 Å². The summed E-state index contributed by atoms with van der Waals surface area (Å²) in [5.41, 5.74) is 12.5. The predicted molar refractivity (Wildman–Crippen MR) is 55.5 cm³/mol. The molecule has 0 aromatic heterocycles. The summed E-state index contributed by atoms with van der Waals surface area (Å²) in [6.45, 7) is 2.26. The van der Waals surface area contributed by atoms with Gasteiger partial charge in [0.05, 0.1) is 0 Å². The van der Waals surface area contributed by atoms with Crippen molar-refractivity contribution in [3.05, 3.63) is 0 Å². The molecule has 1 aliphatic carbocycles. The van der Waals surface area contributed by atoms with Crippen molar-refractivity contribution in [1.82, 2.24) is 21.7 Å². The van der Waals surface area contributed by atoms with Gasteiger partial charge in [0, 0.05) is 0 Å². The Labute approximate surface area is 83.8 Å². The summed E-state index contributed by atoms with van der Waals surface area (Å²) in [5.74, 6) is 0.615. The molecule has 1 aliphatic heterocycles. The fourth-order valence-electron chi connectivity index (χ4n) is 2.12. The highest BCUT2D eigenvalue weighted by Crippen LogP contribution is 2.31. The van der Waals surface area contributed by atoms with Gasteiger partial charge in [0.2, 0.25) is 0 Å². The number of rotatable bonds is 0. The van der Waals surface area contributed by atoms with Crippen molar-refractivity contribution in [3.8, 4) is 0 Å². The van der Waals surface area contributed by atoms with Crippen LogP contribution in [0.1, 0.15) is 32.6 Å². The third-order valence-electron chi connectivity index (χ3n) is 3.10. The van der Waals surface area contributed by atoms with E-state index in [1.165, 1.54) is 19.3 Å². The molecule has 13 heavy (non-hydrogen) atoms. The standard InChI is InChI=1S/C8H16N4S/c1-6-4-2-3-5-8(6)11-9-7(13)10-12-8/h6,11-12H,2-5H2,1H3,(H2,9,10,13). The van der Waals surface area contributed by atoms with Gasteiger partial charge in [-0.1, -0.05) is 19.8 Å². The average molecular weight is 200 g/mol. The lowest BCUT2D eigenvalue weighted by atomic mass is 9.80. The summed E-state index contributed by atoms with van der Waals surface area (Å²) in [6, 6.07) is 0. The van der Waals surface area contributed by atoms with Crippen molar-refractivity contribution in [1.29, 1.82) is 0 Å². The minimum Gasteiger partial charge on any atom is -0.295 e. The molecule has 0 amide bonds. The van der Waals surface area contributed by atoms with Crippen molar-refractivity contribution in [2.45, 2.75) is 38.3 Å².